The van der Waals surface area contributed by atoms with Crippen molar-refractivity contribution in [2.75, 3.05) is 25.5 Å². The molecule has 35 heavy (non-hydrogen) atoms. The number of rotatable bonds is 11. The summed E-state index contributed by atoms with van der Waals surface area (Å²) in [6, 6.07) is 14.1. The van der Waals surface area contributed by atoms with Gasteiger partial charge in [0.2, 0.25) is 5.91 Å². The van der Waals surface area contributed by atoms with E-state index in [9.17, 15) is 14.4 Å². The van der Waals surface area contributed by atoms with Crippen molar-refractivity contribution in [3.8, 4) is 11.5 Å². The maximum absolute atomic E-state index is 12.5. The highest BCUT2D eigenvalue weighted by atomic mass is 16.5. The number of fused-ring (bicyclic) bond motifs is 1. The molecule has 8 nitrogen and oxygen atoms in total. The van der Waals surface area contributed by atoms with Crippen LogP contribution in [0.2, 0.25) is 0 Å². The molecular weight excluding hydrogens is 448 g/mol. The van der Waals surface area contributed by atoms with Gasteiger partial charge < -0.3 is 24.5 Å². The fourth-order valence-corrected chi connectivity index (χ4v) is 3.44. The Hall–Kier alpha value is -3.91. The average Bonchev–Trinajstić information content (AvgIpc) is 2.82. The summed E-state index contributed by atoms with van der Waals surface area (Å²) in [7, 11) is 1.84. The predicted molar refractivity (Wildman–Crippen MR) is 135 cm³/mol. The van der Waals surface area contributed by atoms with Gasteiger partial charge in [-0.05, 0) is 57.6 Å². The Morgan fingerprint density at radius 3 is 2.63 bits per heavy atom. The summed E-state index contributed by atoms with van der Waals surface area (Å²) in [5, 5.41) is 6.31. The highest BCUT2D eigenvalue weighted by molar-refractivity contribution is 5.94. The lowest BCUT2D eigenvalue weighted by molar-refractivity contribution is -0.134. The quantitative estimate of drug-likeness (QED) is 0.139. The van der Waals surface area contributed by atoms with E-state index in [1.807, 2.05) is 32.2 Å². The van der Waals surface area contributed by atoms with Gasteiger partial charge in [-0.25, -0.2) is 4.79 Å². The Labute approximate surface area is 203 Å². The van der Waals surface area contributed by atoms with Crippen LogP contribution in [0.4, 0.5) is 5.69 Å². The maximum Gasteiger partial charge on any atom is 0.360 e. The van der Waals surface area contributed by atoms with Gasteiger partial charge in [0.25, 0.3) is 0 Å². The first-order valence-corrected chi connectivity index (χ1v) is 11.4. The molecule has 3 aromatic rings. The molecule has 2 N–H and O–H groups in total. The van der Waals surface area contributed by atoms with Crippen molar-refractivity contribution in [2.45, 2.75) is 33.1 Å². The second-order valence-electron chi connectivity index (χ2n) is 8.11. The van der Waals surface area contributed by atoms with Gasteiger partial charge in [0.05, 0.1) is 0 Å². The number of hydrogen-bond donors (Lipinski definition) is 2. The predicted octanol–water partition coefficient (Wildman–Crippen LogP) is 4.36. The number of nitrogens with one attached hydrogen (secondary N) is 2. The summed E-state index contributed by atoms with van der Waals surface area (Å²) in [6.07, 6.45) is 2.54. The zero-order chi connectivity index (χ0) is 25.2. The number of carbonyl (C=O) groups excluding carboxylic acids is 2. The lowest BCUT2D eigenvalue weighted by atomic mass is 10.1. The molecule has 0 unspecified atom stereocenters. The molecule has 3 rings (SSSR count). The van der Waals surface area contributed by atoms with Gasteiger partial charge in [-0.15, -0.1) is 0 Å². The van der Waals surface area contributed by atoms with Crippen LogP contribution >= 0.6 is 0 Å². The second kappa shape index (κ2) is 12.5. The van der Waals surface area contributed by atoms with E-state index >= 15 is 0 Å². The number of aryl methyl sites for hydroxylation is 1. The van der Waals surface area contributed by atoms with Crippen LogP contribution in [-0.4, -0.2) is 32.1 Å². The van der Waals surface area contributed by atoms with Crippen LogP contribution in [-0.2, 0) is 9.59 Å². The van der Waals surface area contributed by atoms with Crippen LogP contribution < -0.4 is 25.7 Å². The zero-order valence-corrected chi connectivity index (χ0v) is 20.2. The van der Waals surface area contributed by atoms with E-state index in [-0.39, 0.29) is 30.4 Å². The number of likely N-dealkylation sites (N-methyl/N-ethyl adjacent to an activating group) is 1. The minimum atomic E-state index is -0.633. The number of anilines is 1. The maximum atomic E-state index is 12.5. The molecule has 0 atom stereocenters. The molecule has 0 saturated carbocycles. The molecule has 0 bridgehead atoms. The molecule has 8 heteroatoms. The molecule has 1 amide bonds. The number of esters is 1. The Balaban J connectivity index is 1.56. The van der Waals surface area contributed by atoms with Crippen molar-refractivity contribution in [1.29, 1.82) is 0 Å². The third kappa shape index (κ3) is 7.55. The van der Waals surface area contributed by atoms with E-state index in [4.69, 9.17) is 13.9 Å². The number of hydrogen-bond acceptors (Lipinski definition) is 7. The van der Waals surface area contributed by atoms with Gasteiger partial charge in [-0.1, -0.05) is 29.8 Å². The van der Waals surface area contributed by atoms with Crippen molar-refractivity contribution in [2.24, 2.45) is 0 Å². The molecule has 0 spiro atoms. The van der Waals surface area contributed by atoms with Gasteiger partial charge in [0.15, 0.2) is 0 Å². The molecular formula is C27H30N2O6. The first kappa shape index (κ1) is 25.7. The normalized spacial score (nSPS) is 11.3. The largest absolute Gasteiger partial charge is 0.492 e. The molecule has 1 heterocycles. The van der Waals surface area contributed by atoms with Crippen LogP contribution in [0.5, 0.6) is 11.5 Å². The Bertz CT molecular complexity index is 1260. The SMILES string of the molecule is CNCCOc1ccc2cc(NC(=O)CC(C)=CCCC(=O)Oc3ccccc3)c(=O)oc2c1C. The summed E-state index contributed by atoms with van der Waals surface area (Å²) in [5.74, 6) is 0.450. The van der Waals surface area contributed by atoms with Crippen LogP contribution in [0.1, 0.15) is 31.7 Å². The molecule has 0 aliphatic carbocycles. The van der Waals surface area contributed by atoms with E-state index in [1.165, 1.54) is 0 Å². The molecule has 0 aliphatic heterocycles. The standard InChI is InChI=1S/C27H30N2O6/c1-18(8-7-11-25(31)34-21-9-5-4-6-10-21)16-24(30)29-22-17-20-12-13-23(33-15-14-28-3)19(2)26(20)35-27(22)32/h4-6,8-10,12-13,17,28H,7,11,14-16H2,1-3H3,(H,29,30). The lowest BCUT2D eigenvalue weighted by Crippen LogP contribution is -2.18. The van der Waals surface area contributed by atoms with Crippen molar-refractivity contribution >= 4 is 28.5 Å². The zero-order valence-electron chi connectivity index (χ0n) is 20.2. The minimum absolute atomic E-state index is 0.0741. The summed E-state index contributed by atoms with van der Waals surface area (Å²) in [6.45, 7) is 4.80. The van der Waals surface area contributed by atoms with Gasteiger partial charge in [0, 0.05) is 30.3 Å². The fraction of sp³-hybridized carbons (Fsp3) is 0.296. The molecule has 2 aromatic carbocycles. The second-order valence-corrected chi connectivity index (χ2v) is 8.11. The van der Waals surface area contributed by atoms with E-state index in [2.05, 4.69) is 10.6 Å². The number of amides is 1. The number of allylic oxidation sites excluding steroid dienone is 1. The summed E-state index contributed by atoms with van der Waals surface area (Å²) in [5.41, 5.74) is 1.36. The van der Waals surface area contributed by atoms with Crippen molar-refractivity contribution in [3.63, 3.8) is 0 Å². The first-order valence-electron chi connectivity index (χ1n) is 11.4. The summed E-state index contributed by atoms with van der Waals surface area (Å²) < 4.78 is 16.4. The topological polar surface area (TPSA) is 107 Å². The van der Waals surface area contributed by atoms with Crippen molar-refractivity contribution in [1.82, 2.24) is 5.32 Å². The van der Waals surface area contributed by atoms with Crippen molar-refractivity contribution < 1.29 is 23.5 Å². The number of carbonyl (C=O) groups is 2. The Morgan fingerprint density at radius 2 is 1.89 bits per heavy atom. The number of benzene rings is 2. The van der Waals surface area contributed by atoms with E-state index in [1.54, 1.807) is 43.3 Å². The van der Waals surface area contributed by atoms with Crippen LogP contribution in [0.3, 0.4) is 0 Å². The van der Waals surface area contributed by atoms with Crippen molar-refractivity contribution in [3.05, 3.63) is 76.2 Å². The average molecular weight is 479 g/mol. The molecule has 0 aliphatic rings. The van der Waals surface area contributed by atoms with E-state index < -0.39 is 5.63 Å². The molecule has 0 radical (unpaired) electrons. The molecule has 1 aromatic heterocycles. The highest BCUT2D eigenvalue weighted by Gasteiger charge is 2.13. The summed E-state index contributed by atoms with van der Waals surface area (Å²) >= 11 is 0. The number of ether oxygens (including phenoxy) is 2. The Morgan fingerprint density at radius 1 is 1.11 bits per heavy atom. The van der Waals surface area contributed by atoms with Crippen LogP contribution in [0.25, 0.3) is 11.0 Å². The van der Waals surface area contributed by atoms with Gasteiger partial charge >= 0.3 is 11.6 Å². The molecule has 0 saturated heterocycles. The van der Waals surface area contributed by atoms with E-state index in [0.717, 1.165) is 11.1 Å². The third-order valence-electron chi connectivity index (χ3n) is 5.24. The lowest BCUT2D eigenvalue weighted by Gasteiger charge is -2.11. The molecule has 0 fully saturated rings. The summed E-state index contributed by atoms with van der Waals surface area (Å²) in [4.78, 5) is 36.9. The smallest absolute Gasteiger partial charge is 0.360 e. The van der Waals surface area contributed by atoms with Crippen LogP contribution in [0, 0.1) is 6.92 Å². The van der Waals surface area contributed by atoms with Gasteiger partial charge in [-0.3, -0.25) is 9.59 Å². The fourth-order valence-electron chi connectivity index (χ4n) is 3.44. The minimum Gasteiger partial charge on any atom is -0.492 e. The van der Waals surface area contributed by atoms with Gasteiger partial charge in [0.1, 0.15) is 29.4 Å². The first-order chi connectivity index (χ1) is 16.9. The van der Waals surface area contributed by atoms with E-state index in [0.29, 0.717) is 42.0 Å². The van der Waals surface area contributed by atoms with Crippen LogP contribution in [0.15, 0.2) is 69.4 Å². The number of para-hydroxylation sites is 1. The monoisotopic (exact) mass is 478 g/mol. The molecule has 184 valence electrons. The Kier molecular flexibility index (Phi) is 9.20. The van der Waals surface area contributed by atoms with Gasteiger partial charge in [-0.2, -0.15) is 0 Å². The third-order valence-corrected chi connectivity index (χ3v) is 5.24. The highest BCUT2D eigenvalue weighted by Crippen LogP contribution is 2.27.